The van der Waals surface area contributed by atoms with Crippen molar-refractivity contribution >= 4 is 0 Å². The number of rotatable bonds is 0. The van der Waals surface area contributed by atoms with Crippen LogP contribution in [0.1, 0.15) is 0 Å². The van der Waals surface area contributed by atoms with E-state index in [9.17, 15) is 26.3 Å². The van der Waals surface area contributed by atoms with Crippen LogP contribution in [0.15, 0.2) is 30.8 Å². The van der Waals surface area contributed by atoms with Crippen LogP contribution in [0.3, 0.4) is 0 Å². The number of halogens is 6. The standard InChI is InChI=1S/C3F6.C3H4/c4-1(2(5)6)3(7,8)9;1-3-2/h;1-2H2. The first kappa shape index (κ1) is 13.4. The highest BCUT2D eigenvalue weighted by Gasteiger charge is 2.38. The van der Waals surface area contributed by atoms with Crippen molar-refractivity contribution < 1.29 is 26.3 Å². The fourth-order valence-corrected chi connectivity index (χ4v) is 0.107. The van der Waals surface area contributed by atoms with Crippen molar-refractivity contribution in [3.05, 3.63) is 30.8 Å². The lowest BCUT2D eigenvalue weighted by Gasteiger charge is -1.98. The summed E-state index contributed by atoms with van der Waals surface area (Å²) in [6.07, 6.45) is -8.90. The highest BCUT2D eigenvalue weighted by atomic mass is 19.4. The summed E-state index contributed by atoms with van der Waals surface area (Å²) in [4.78, 5) is 0. The zero-order valence-electron chi connectivity index (χ0n) is 5.68. The van der Waals surface area contributed by atoms with Gasteiger partial charge in [0.2, 0.25) is 0 Å². The smallest absolute Gasteiger partial charge is 0.196 e. The molecule has 0 unspecified atom stereocenters. The number of hydrogen-bond acceptors (Lipinski definition) is 0. The fourth-order valence-electron chi connectivity index (χ4n) is 0.107. The predicted molar refractivity (Wildman–Crippen MR) is 31.2 cm³/mol. The third-order valence-electron chi connectivity index (χ3n) is 0.415. The molecule has 0 saturated carbocycles. The van der Waals surface area contributed by atoms with E-state index in [0.29, 0.717) is 0 Å². The minimum atomic E-state index is -5.56. The van der Waals surface area contributed by atoms with E-state index in [1.54, 1.807) is 0 Å². The summed E-state index contributed by atoms with van der Waals surface area (Å²) in [6, 6.07) is 0. The Kier molecular flexibility index (Phi) is 6.14. The molecule has 0 bridgehead atoms. The Hall–Kier alpha value is -1.16. The molecular weight excluding hydrogens is 186 g/mol. The van der Waals surface area contributed by atoms with Gasteiger partial charge in [0.05, 0.1) is 0 Å². The summed E-state index contributed by atoms with van der Waals surface area (Å²) in [5.41, 5.74) is 2.25. The van der Waals surface area contributed by atoms with Gasteiger partial charge in [-0.3, -0.25) is 0 Å². The van der Waals surface area contributed by atoms with Gasteiger partial charge in [-0.05, 0) is 0 Å². The SMILES string of the molecule is C=C=C.FC(F)=C(F)C(F)(F)F. The van der Waals surface area contributed by atoms with E-state index in [0.717, 1.165) is 0 Å². The molecule has 0 aromatic rings. The van der Waals surface area contributed by atoms with Crippen LogP contribution in [0.2, 0.25) is 0 Å². The molecule has 0 aliphatic carbocycles. The fraction of sp³-hybridized carbons (Fsp3) is 0.167. The lowest BCUT2D eigenvalue weighted by atomic mass is 10.6. The van der Waals surface area contributed by atoms with Gasteiger partial charge in [0.15, 0.2) is 0 Å². The van der Waals surface area contributed by atoms with Gasteiger partial charge in [0, 0.05) is 0 Å². The summed E-state index contributed by atoms with van der Waals surface area (Å²) < 4.78 is 64.8. The van der Waals surface area contributed by atoms with Crippen molar-refractivity contribution in [2.24, 2.45) is 0 Å². The lowest BCUT2D eigenvalue weighted by Crippen LogP contribution is -2.08. The summed E-state index contributed by atoms with van der Waals surface area (Å²) >= 11 is 0. The van der Waals surface area contributed by atoms with Gasteiger partial charge < -0.3 is 0 Å². The van der Waals surface area contributed by atoms with Crippen LogP contribution in [0.25, 0.3) is 0 Å². The maximum atomic E-state index is 11.0. The highest BCUT2D eigenvalue weighted by molar-refractivity contribution is 4.98. The van der Waals surface area contributed by atoms with Gasteiger partial charge in [-0.1, -0.05) is 13.2 Å². The zero-order chi connectivity index (χ0) is 10.4. The van der Waals surface area contributed by atoms with Crippen molar-refractivity contribution in [3.8, 4) is 0 Å². The Morgan fingerprint density at radius 3 is 1.25 bits per heavy atom. The summed E-state index contributed by atoms with van der Waals surface area (Å²) in [7, 11) is 0. The molecule has 0 saturated heterocycles. The first-order valence-electron chi connectivity index (χ1n) is 2.34. The largest absolute Gasteiger partial charge is 0.448 e. The molecule has 0 fully saturated rings. The summed E-state index contributed by atoms with van der Waals surface area (Å²) in [5.74, 6) is -3.33. The van der Waals surface area contributed by atoms with Gasteiger partial charge in [0.25, 0.3) is 5.83 Å². The minimum absolute atomic E-state index is 2.25. The maximum Gasteiger partial charge on any atom is 0.448 e. The predicted octanol–water partition coefficient (Wildman–Crippen LogP) is 3.58. The van der Waals surface area contributed by atoms with E-state index in [2.05, 4.69) is 18.9 Å². The lowest BCUT2D eigenvalue weighted by molar-refractivity contribution is -0.113. The first-order chi connectivity index (χ1) is 5.27. The van der Waals surface area contributed by atoms with Crippen LogP contribution < -0.4 is 0 Å². The third kappa shape index (κ3) is 6.95. The Morgan fingerprint density at radius 1 is 1.00 bits per heavy atom. The Labute approximate surface area is 64.5 Å². The Morgan fingerprint density at radius 2 is 1.25 bits per heavy atom. The average molecular weight is 190 g/mol. The quantitative estimate of drug-likeness (QED) is 0.404. The molecule has 0 heterocycles. The van der Waals surface area contributed by atoms with E-state index in [4.69, 9.17) is 0 Å². The number of alkyl halides is 3. The molecule has 0 aliphatic heterocycles. The molecule has 0 N–H and O–H groups in total. The van der Waals surface area contributed by atoms with E-state index in [-0.39, 0.29) is 0 Å². The number of allylic oxidation sites excluding steroid dienone is 1. The van der Waals surface area contributed by atoms with Gasteiger partial charge in [0.1, 0.15) is 0 Å². The van der Waals surface area contributed by atoms with E-state index < -0.39 is 18.1 Å². The summed E-state index contributed by atoms with van der Waals surface area (Å²) in [5, 5.41) is 0. The van der Waals surface area contributed by atoms with E-state index in [1.165, 1.54) is 0 Å². The van der Waals surface area contributed by atoms with E-state index >= 15 is 0 Å². The normalized spacial score (nSPS) is 9.17. The molecule has 0 aliphatic rings. The number of hydrogen-bond donors (Lipinski definition) is 0. The van der Waals surface area contributed by atoms with Crippen molar-refractivity contribution in [3.63, 3.8) is 0 Å². The average Bonchev–Trinajstić information content (AvgIpc) is 1.85. The van der Waals surface area contributed by atoms with Crippen molar-refractivity contribution in [1.29, 1.82) is 0 Å². The molecule has 12 heavy (non-hydrogen) atoms. The molecule has 0 nitrogen and oxygen atoms in total. The minimum Gasteiger partial charge on any atom is -0.196 e. The molecule has 0 amide bonds. The first-order valence-corrected chi connectivity index (χ1v) is 2.34. The van der Waals surface area contributed by atoms with Gasteiger partial charge in [-0.15, -0.1) is 5.73 Å². The van der Waals surface area contributed by atoms with Crippen LogP contribution in [0.4, 0.5) is 26.3 Å². The van der Waals surface area contributed by atoms with Gasteiger partial charge in [-0.2, -0.15) is 26.3 Å². The second kappa shape index (κ2) is 5.49. The molecule has 70 valence electrons. The van der Waals surface area contributed by atoms with Crippen molar-refractivity contribution in [2.75, 3.05) is 0 Å². The van der Waals surface area contributed by atoms with Crippen molar-refractivity contribution in [1.82, 2.24) is 0 Å². The monoisotopic (exact) mass is 190 g/mol. The Bertz CT molecular complexity index is 189. The summed E-state index contributed by atoms with van der Waals surface area (Å²) in [6.45, 7) is 6.25. The maximum absolute atomic E-state index is 11.0. The van der Waals surface area contributed by atoms with Crippen LogP contribution in [0, 0.1) is 0 Å². The van der Waals surface area contributed by atoms with Crippen LogP contribution in [-0.2, 0) is 0 Å². The molecule has 0 radical (unpaired) electrons. The van der Waals surface area contributed by atoms with Gasteiger partial charge in [-0.25, -0.2) is 0 Å². The molecule has 0 aromatic carbocycles. The van der Waals surface area contributed by atoms with Crippen LogP contribution in [-0.4, -0.2) is 6.18 Å². The second-order valence-corrected chi connectivity index (χ2v) is 1.32. The molecular formula is C6H4F6. The molecule has 0 aromatic heterocycles. The molecule has 0 spiro atoms. The van der Waals surface area contributed by atoms with Crippen molar-refractivity contribution in [2.45, 2.75) is 6.18 Å². The zero-order valence-corrected chi connectivity index (χ0v) is 5.68. The Balaban J connectivity index is 0. The molecule has 6 heteroatoms. The molecule has 0 atom stereocenters. The van der Waals surface area contributed by atoms with Gasteiger partial charge >= 0.3 is 12.3 Å². The highest BCUT2D eigenvalue weighted by Crippen LogP contribution is 2.29. The van der Waals surface area contributed by atoms with Crippen LogP contribution in [0.5, 0.6) is 0 Å². The van der Waals surface area contributed by atoms with E-state index in [1.807, 2.05) is 0 Å². The molecule has 0 rings (SSSR count). The second-order valence-electron chi connectivity index (χ2n) is 1.32. The topological polar surface area (TPSA) is 0 Å². The third-order valence-corrected chi connectivity index (χ3v) is 0.415. The van der Waals surface area contributed by atoms with Crippen LogP contribution >= 0.6 is 0 Å².